The van der Waals surface area contributed by atoms with Crippen LogP contribution in [0.4, 0.5) is 0 Å². The van der Waals surface area contributed by atoms with Crippen molar-refractivity contribution in [2.45, 2.75) is 5.44 Å². The molecule has 0 amide bonds. The Bertz CT molecular complexity index is 190. The van der Waals surface area contributed by atoms with Crippen LogP contribution in [-0.2, 0) is 0 Å². The lowest BCUT2D eigenvalue weighted by molar-refractivity contribution is 0.271. The second-order valence-corrected chi connectivity index (χ2v) is 3.01. The third kappa shape index (κ3) is 1.90. The van der Waals surface area contributed by atoms with Crippen molar-refractivity contribution < 1.29 is 5.11 Å². The van der Waals surface area contributed by atoms with Crippen molar-refractivity contribution in [2.75, 3.05) is 0 Å². The third-order valence-electron chi connectivity index (χ3n) is 1.17. The molecule has 0 fully saturated rings. The summed E-state index contributed by atoms with van der Waals surface area (Å²) < 4.78 is 0. The van der Waals surface area contributed by atoms with Crippen LogP contribution >= 0.6 is 21.7 Å². The number of hydrogen-bond donors (Lipinski definition) is 1. The molecule has 10 heavy (non-hydrogen) atoms. The van der Waals surface area contributed by atoms with Crippen molar-refractivity contribution in [2.24, 2.45) is 0 Å². The normalized spacial score (nSPS) is 13.0. The first-order valence-corrected chi connectivity index (χ1v) is 4.55. The standard InChI is InChI=1S/C7H7ClOS/c8-10-7(9)6-4-2-1-3-5-6/h1-5,7,9H. The van der Waals surface area contributed by atoms with E-state index in [9.17, 15) is 0 Å². The van der Waals surface area contributed by atoms with E-state index in [0.29, 0.717) is 0 Å². The lowest BCUT2D eigenvalue weighted by atomic mass is 10.2. The Morgan fingerprint density at radius 3 is 2.40 bits per heavy atom. The van der Waals surface area contributed by atoms with Crippen LogP contribution in [0.2, 0.25) is 0 Å². The molecule has 0 bridgehead atoms. The van der Waals surface area contributed by atoms with Gasteiger partial charge in [-0.1, -0.05) is 30.3 Å². The van der Waals surface area contributed by atoms with Gasteiger partial charge in [-0.05, 0) is 27.2 Å². The molecular formula is C7H7ClOS. The molecular weight excluding hydrogens is 168 g/mol. The Hall–Kier alpha value is -0.180. The minimum atomic E-state index is -0.608. The van der Waals surface area contributed by atoms with E-state index in [1.165, 1.54) is 0 Å². The van der Waals surface area contributed by atoms with Crippen LogP contribution in [-0.4, -0.2) is 5.11 Å². The molecule has 1 aromatic carbocycles. The minimum Gasteiger partial charge on any atom is -0.377 e. The Morgan fingerprint density at radius 2 is 1.90 bits per heavy atom. The Labute approximate surface area is 68.5 Å². The number of halogens is 1. The summed E-state index contributed by atoms with van der Waals surface area (Å²) in [4.78, 5) is 0. The maximum Gasteiger partial charge on any atom is 0.139 e. The van der Waals surface area contributed by atoms with Gasteiger partial charge in [0.1, 0.15) is 5.44 Å². The zero-order valence-electron chi connectivity index (χ0n) is 5.20. The lowest BCUT2D eigenvalue weighted by Crippen LogP contribution is -1.87. The monoisotopic (exact) mass is 174 g/mol. The van der Waals surface area contributed by atoms with Gasteiger partial charge in [0.15, 0.2) is 0 Å². The highest BCUT2D eigenvalue weighted by Gasteiger charge is 2.03. The molecule has 0 heterocycles. The topological polar surface area (TPSA) is 20.2 Å². The lowest BCUT2D eigenvalue weighted by Gasteiger charge is -2.03. The first kappa shape index (κ1) is 7.92. The van der Waals surface area contributed by atoms with E-state index >= 15 is 0 Å². The number of aliphatic hydroxyl groups is 1. The van der Waals surface area contributed by atoms with E-state index < -0.39 is 5.44 Å². The summed E-state index contributed by atoms with van der Waals surface area (Å²) in [5.74, 6) is 0. The second-order valence-electron chi connectivity index (χ2n) is 1.85. The molecule has 0 aliphatic heterocycles. The molecule has 0 saturated heterocycles. The fourth-order valence-electron chi connectivity index (χ4n) is 0.669. The van der Waals surface area contributed by atoms with Gasteiger partial charge in [0, 0.05) is 0 Å². The van der Waals surface area contributed by atoms with Crippen molar-refractivity contribution >= 4 is 21.7 Å². The summed E-state index contributed by atoms with van der Waals surface area (Å²) >= 11 is 0. The van der Waals surface area contributed by atoms with E-state index in [4.69, 9.17) is 15.8 Å². The van der Waals surface area contributed by atoms with Crippen LogP contribution in [0.25, 0.3) is 0 Å². The van der Waals surface area contributed by atoms with Gasteiger partial charge < -0.3 is 5.11 Å². The highest BCUT2D eigenvalue weighted by Crippen LogP contribution is 2.27. The SMILES string of the molecule is OC(SCl)c1ccccc1. The Balaban J connectivity index is 2.75. The molecule has 3 heteroatoms. The van der Waals surface area contributed by atoms with Crippen molar-refractivity contribution in [3.05, 3.63) is 35.9 Å². The highest BCUT2D eigenvalue weighted by atomic mass is 35.7. The van der Waals surface area contributed by atoms with Gasteiger partial charge in [0.25, 0.3) is 0 Å². The van der Waals surface area contributed by atoms with Gasteiger partial charge in [0.2, 0.25) is 0 Å². The fraction of sp³-hybridized carbons (Fsp3) is 0.143. The van der Waals surface area contributed by atoms with Gasteiger partial charge in [-0.3, -0.25) is 0 Å². The van der Waals surface area contributed by atoms with E-state index in [1.54, 1.807) is 0 Å². The molecule has 54 valence electrons. The second kappa shape index (κ2) is 3.86. The highest BCUT2D eigenvalue weighted by molar-refractivity contribution is 8.21. The molecule has 0 radical (unpaired) electrons. The molecule has 1 atom stereocenters. The van der Waals surface area contributed by atoms with Crippen molar-refractivity contribution in [1.29, 1.82) is 0 Å². The van der Waals surface area contributed by atoms with E-state index in [2.05, 4.69) is 0 Å². The van der Waals surface area contributed by atoms with Crippen LogP contribution in [0, 0.1) is 0 Å². The van der Waals surface area contributed by atoms with Crippen LogP contribution in [0.3, 0.4) is 0 Å². The fourth-order valence-corrected chi connectivity index (χ4v) is 1.24. The Kier molecular flexibility index (Phi) is 3.06. The number of aliphatic hydroxyl groups excluding tert-OH is 1. The minimum absolute atomic E-state index is 0.608. The van der Waals surface area contributed by atoms with E-state index in [-0.39, 0.29) is 0 Å². The van der Waals surface area contributed by atoms with E-state index in [0.717, 1.165) is 16.5 Å². The average Bonchev–Trinajstić information content (AvgIpc) is 2.05. The molecule has 1 N–H and O–H groups in total. The van der Waals surface area contributed by atoms with Crippen LogP contribution in [0.15, 0.2) is 30.3 Å². The quantitative estimate of drug-likeness (QED) is 0.696. The number of benzene rings is 1. The number of rotatable bonds is 2. The molecule has 1 unspecified atom stereocenters. The summed E-state index contributed by atoms with van der Waals surface area (Å²) in [5, 5.41) is 9.16. The predicted octanol–water partition coefficient (Wildman–Crippen LogP) is 2.56. The van der Waals surface area contributed by atoms with Gasteiger partial charge in [-0.2, -0.15) is 0 Å². The first-order chi connectivity index (χ1) is 4.84. The largest absolute Gasteiger partial charge is 0.377 e. The molecule has 1 rings (SSSR count). The van der Waals surface area contributed by atoms with E-state index in [1.807, 2.05) is 30.3 Å². The average molecular weight is 175 g/mol. The van der Waals surface area contributed by atoms with Gasteiger partial charge in [-0.25, -0.2) is 0 Å². The van der Waals surface area contributed by atoms with Crippen LogP contribution < -0.4 is 0 Å². The summed E-state index contributed by atoms with van der Waals surface area (Å²) in [6.45, 7) is 0. The zero-order valence-corrected chi connectivity index (χ0v) is 6.77. The summed E-state index contributed by atoms with van der Waals surface area (Å²) in [5.41, 5.74) is 0.227. The van der Waals surface area contributed by atoms with Gasteiger partial charge in [-0.15, -0.1) is 0 Å². The molecule has 0 spiro atoms. The third-order valence-corrected chi connectivity index (χ3v) is 2.12. The predicted molar refractivity (Wildman–Crippen MR) is 44.8 cm³/mol. The van der Waals surface area contributed by atoms with Gasteiger partial charge in [0.05, 0.1) is 0 Å². The van der Waals surface area contributed by atoms with Gasteiger partial charge >= 0.3 is 0 Å². The number of hydrogen-bond acceptors (Lipinski definition) is 2. The van der Waals surface area contributed by atoms with Crippen molar-refractivity contribution in [3.8, 4) is 0 Å². The molecule has 1 aromatic rings. The molecule has 1 nitrogen and oxygen atoms in total. The maximum absolute atomic E-state index is 9.16. The van der Waals surface area contributed by atoms with Crippen LogP contribution in [0.1, 0.15) is 11.0 Å². The maximum atomic E-state index is 9.16. The van der Waals surface area contributed by atoms with Crippen LogP contribution in [0.5, 0.6) is 0 Å². The molecule has 0 aromatic heterocycles. The summed E-state index contributed by atoms with van der Waals surface area (Å²) in [6.07, 6.45) is 0. The first-order valence-electron chi connectivity index (χ1n) is 2.85. The van der Waals surface area contributed by atoms with Crippen molar-refractivity contribution in [3.63, 3.8) is 0 Å². The zero-order chi connectivity index (χ0) is 7.40. The Morgan fingerprint density at radius 1 is 1.30 bits per heavy atom. The molecule has 0 aliphatic rings. The van der Waals surface area contributed by atoms with Crippen molar-refractivity contribution in [1.82, 2.24) is 0 Å². The summed E-state index contributed by atoms with van der Waals surface area (Å²) in [7, 11) is 6.26. The molecule has 0 aliphatic carbocycles. The molecule has 0 saturated carbocycles. The summed E-state index contributed by atoms with van der Waals surface area (Å²) in [6, 6.07) is 9.30. The smallest absolute Gasteiger partial charge is 0.139 e.